The van der Waals surface area contributed by atoms with E-state index in [4.69, 9.17) is 5.73 Å². The molecule has 0 saturated carbocycles. The van der Waals surface area contributed by atoms with Gasteiger partial charge in [0, 0.05) is 11.3 Å². The van der Waals surface area contributed by atoms with E-state index in [2.05, 4.69) is 15.4 Å². The normalized spacial score (nSPS) is 10.2. The number of aromatic nitrogens is 3. The van der Waals surface area contributed by atoms with Crippen LogP contribution in [-0.4, -0.2) is 15.4 Å². The highest BCUT2D eigenvalue weighted by atomic mass is 15.3. The van der Waals surface area contributed by atoms with Crippen LogP contribution < -0.4 is 5.73 Å². The summed E-state index contributed by atoms with van der Waals surface area (Å²) in [6, 6.07) is 5.74. The number of aromatic amines is 1. The maximum atomic E-state index is 5.68. The highest BCUT2D eigenvalue weighted by molar-refractivity contribution is 5.66. The fourth-order valence-electron chi connectivity index (χ4n) is 1.25. The van der Waals surface area contributed by atoms with Gasteiger partial charge in [-0.25, -0.2) is 0 Å². The first kappa shape index (κ1) is 7.79. The molecule has 2 rings (SSSR count). The summed E-state index contributed by atoms with van der Waals surface area (Å²) in [6.45, 7) is 2.02. The summed E-state index contributed by atoms with van der Waals surface area (Å²) < 4.78 is 0. The van der Waals surface area contributed by atoms with Gasteiger partial charge < -0.3 is 5.73 Å². The molecule has 0 bridgehead atoms. The number of hydrogen-bond donors (Lipinski definition) is 2. The second-order valence-corrected chi connectivity index (χ2v) is 2.93. The van der Waals surface area contributed by atoms with Crippen LogP contribution in [-0.2, 0) is 0 Å². The molecule has 4 heteroatoms. The third kappa shape index (κ3) is 1.38. The van der Waals surface area contributed by atoms with Gasteiger partial charge in [0.25, 0.3) is 0 Å². The van der Waals surface area contributed by atoms with E-state index in [9.17, 15) is 0 Å². The molecule has 0 saturated heterocycles. The summed E-state index contributed by atoms with van der Waals surface area (Å²) in [5.41, 5.74) is 9.40. The van der Waals surface area contributed by atoms with Gasteiger partial charge in [0.1, 0.15) is 5.69 Å². The van der Waals surface area contributed by atoms with Crippen molar-refractivity contribution in [2.75, 3.05) is 5.73 Å². The van der Waals surface area contributed by atoms with E-state index >= 15 is 0 Å². The standard InChI is InChI=1S/C9H10N4/c1-6-2-3-7(10)4-8(6)9-5-11-13-12-9/h2-5H,10H2,1H3,(H,11,12,13). The van der Waals surface area contributed by atoms with Crippen LogP contribution in [0.4, 0.5) is 5.69 Å². The van der Waals surface area contributed by atoms with E-state index in [1.807, 2.05) is 25.1 Å². The first-order valence-corrected chi connectivity index (χ1v) is 3.99. The van der Waals surface area contributed by atoms with Crippen LogP contribution in [0, 0.1) is 6.92 Å². The van der Waals surface area contributed by atoms with Crippen molar-refractivity contribution >= 4 is 5.69 Å². The molecule has 0 atom stereocenters. The zero-order valence-electron chi connectivity index (χ0n) is 7.28. The predicted octanol–water partition coefficient (Wildman–Crippen LogP) is 1.36. The molecule has 2 aromatic rings. The molecule has 1 aromatic carbocycles. The van der Waals surface area contributed by atoms with Crippen LogP contribution in [0.3, 0.4) is 0 Å². The Bertz CT molecular complexity index is 406. The van der Waals surface area contributed by atoms with Crippen LogP contribution in [0.15, 0.2) is 24.4 Å². The number of anilines is 1. The quantitative estimate of drug-likeness (QED) is 0.641. The molecule has 13 heavy (non-hydrogen) atoms. The van der Waals surface area contributed by atoms with Gasteiger partial charge in [-0.05, 0) is 24.6 Å². The number of benzene rings is 1. The van der Waals surface area contributed by atoms with E-state index in [-0.39, 0.29) is 0 Å². The molecular formula is C9H10N4. The number of nitrogens with one attached hydrogen (secondary N) is 1. The Morgan fingerprint density at radius 3 is 2.92 bits per heavy atom. The van der Waals surface area contributed by atoms with Gasteiger partial charge in [-0.3, -0.25) is 0 Å². The van der Waals surface area contributed by atoms with E-state index in [0.29, 0.717) is 0 Å². The summed E-state index contributed by atoms with van der Waals surface area (Å²) >= 11 is 0. The number of rotatable bonds is 1. The van der Waals surface area contributed by atoms with E-state index in [1.54, 1.807) is 6.20 Å². The molecule has 1 heterocycles. The first-order chi connectivity index (χ1) is 6.27. The Morgan fingerprint density at radius 1 is 1.38 bits per heavy atom. The largest absolute Gasteiger partial charge is 0.399 e. The minimum Gasteiger partial charge on any atom is -0.399 e. The minimum atomic E-state index is 0.739. The smallest absolute Gasteiger partial charge is 0.113 e. The summed E-state index contributed by atoms with van der Waals surface area (Å²) in [5, 5.41) is 10.3. The van der Waals surface area contributed by atoms with Crippen molar-refractivity contribution in [3.8, 4) is 11.3 Å². The van der Waals surface area contributed by atoms with Crippen LogP contribution in [0.25, 0.3) is 11.3 Å². The highest BCUT2D eigenvalue weighted by Crippen LogP contribution is 2.22. The highest BCUT2D eigenvalue weighted by Gasteiger charge is 2.04. The molecule has 66 valence electrons. The van der Waals surface area contributed by atoms with Gasteiger partial charge in [0.2, 0.25) is 0 Å². The van der Waals surface area contributed by atoms with Crippen molar-refractivity contribution in [1.29, 1.82) is 0 Å². The van der Waals surface area contributed by atoms with Crippen LogP contribution >= 0.6 is 0 Å². The van der Waals surface area contributed by atoms with Crippen molar-refractivity contribution in [2.24, 2.45) is 0 Å². The number of nitrogens with two attached hydrogens (primary N) is 1. The molecule has 0 aliphatic carbocycles. The SMILES string of the molecule is Cc1ccc(N)cc1-c1cn[nH]n1. The van der Waals surface area contributed by atoms with Crippen molar-refractivity contribution in [3.05, 3.63) is 30.0 Å². The van der Waals surface area contributed by atoms with Gasteiger partial charge in [-0.1, -0.05) is 6.07 Å². The van der Waals surface area contributed by atoms with Crippen molar-refractivity contribution in [3.63, 3.8) is 0 Å². The lowest BCUT2D eigenvalue weighted by Crippen LogP contribution is -1.88. The Labute approximate surface area is 75.8 Å². The predicted molar refractivity (Wildman–Crippen MR) is 51.0 cm³/mol. The monoisotopic (exact) mass is 174 g/mol. The molecule has 0 radical (unpaired) electrons. The maximum absolute atomic E-state index is 5.68. The topological polar surface area (TPSA) is 67.6 Å². The molecule has 1 aromatic heterocycles. The van der Waals surface area contributed by atoms with Gasteiger partial charge in [0.05, 0.1) is 6.20 Å². The Balaban J connectivity index is 2.57. The number of hydrogen-bond acceptors (Lipinski definition) is 3. The van der Waals surface area contributed by atoms with Gasteiger partial charge in [-0.15, -0.1) is 0 Å². The van der Waals surface area contributed by atoms with Crippen molar-refractivity contribution in [2.45, 2.75) is 6.92 Å². The second kappa shape index (κ2) is 2.90. The summed E-state index contributed by atoms with van der Waals surface area (Å²) in [5.74, 6) is 0. The lowest BCUT2D eigenvalue weighted by atomic mass is 10.1. The summed E-state index contributed by atoms with van der Waals surface area (Å²) in [4.78, 5) is 0. The Hall–Kier alpha value is -1.84. The average molecular weight is 174 g/mol. The number of nitrogens with zero attached hydrogens (tertiary/aromatic N) is 2. The summed E-state index contributed by atoms with van der Waals surface area (Å²) in [6.07, 6.45) is 1.68. The van der Waals surface area contributed by atoms with E-state index in [0.717, 1.165) is 22.5 Å². The first-order valence-electron chi connectivity index (χ1n) is 3.99. The third-order valence-corrected chi connectivity index (χ3v) is 1.95. The lowest BCUT2D eigenvalue weighted by Gasteiger charge is -2.02. The van der Waals surface area contributed by atoms with E-state index in [1.165, 1.54) is 0 Å². The fourth-order valence-corrected chi connectivity index (χ4v) is 1.25. The zero-order chi connectivity index (χ0) is 9.26. The minimum absolute atomic E-state index is 0.739. The number of H-pyrrole nitrogens is 1. The summed E-state index contributed by atoms with van der Waals surface area (Å²) in [7, 11) is 0. The Morgan fingerprint density at radius 2 is 2.23 bits per heavy atom. The zero-order valence-corrected chi connectivity index (χ0v) is 7.28. The van der Waals surface area contributed by atoms with Gasteiger partial charge in [-0.2, -0.15) is 15.4 Å². The number of nitrogen functional groups attached to an aromatic ring is 1. The molecule has 0 aliphatic heterocycles. The number of aryl methyl sites for hydroxylation is 1. The molecule has 3 N–H and O–H groups in total. The van der Waals surface area contributed by atoms with E-state index < -0.39 is 0 Å². The average Bonchev–Trinajstić information content (AvgIpc) is 2.61. The molecular weight excluding hydrogens is 164 g/mol. The lowest BCUT2D eigenvalue weighted by molar-refractivity contribution is 0.942. The molecule has 0 aliphatic rings. The van der Waals surface area contributed by atoms with Crippen molar-refractivity contribution < 1.29 is 0 Å². The van der Waals surface area contributed by atoms with Crippen LogP contribution in [0.2, 0.25) is 0 Å². The molecule has 4 nitrogen and oxygen atoms in total. The molecule has 0 spiro atoms. The Kier molecular flexibility index (Phi) is 1.73. The molecule has 0 unspecified atom stereocenters. The van der Waals surface area contributed by atoms with Gasteiger partial charge >= 0.3 is 0 Å². The van der Waals surface area contributed by atoms with Crippen LogP contribution in [0.1, 0.15) is 5.56 Å². The maximum Gasteiger partial charge on any atom is 0.113 e. The van der Waals surface area contributed by atoms with Crippen LogP contribution in [0.5, 0.6) is 0 Å². The molecule has 0 fully saturated rings. The fraction of sp³-hybridized carbons (Fsp3) is 0.111. The third-order valence-electron chi connectivity index (χ3n) is 1.95. The van der Waals surface area contributed by atoms with Gasteiger partial charge in [0.15, 0.2) is 0 Å². The molecule has 0 amide bonds. The second-order valence-electron chi connectivity index (χ2n) is 2.93. The van der Waals surface area contributed by atoms with Crippen molar-refractivity contribution in [1.82, 2.24) is 15.4 Å².